The van der Waals surface area contributed by atoms with Crippen LogP contribution in [-0.2, 0) is 4.79 Å². The summed E-state index contributed by atoms with van der Waals surface area (Å²) in [7, 11) is 0. The number of rotatable bonds is 3. The first kappa shape index (κ1) is 12.9. The number of hydrazine groups is 1. The van der Waals surface area contributed by atoms with Gasteiger partial charge in [0.1, 0.15) is 6.17 Å². The zero-order chi connectivity index (χ0) is 13.1. The van der Waals surface area contributed by atoms with Crippen molar-refractivity contribution in [1.29, 1.82) is 0 Å². The van der Waals surface area contributed by atoms with E-state index >= 15 is 0 Å². The van der Waals surface area contributed by atoms with Crippen molar-refractivity contribution in [3.05, 3.63) is 30.3 Å². The number of carbonyl (C=O) groups excluding carboxylic acids is 1. The first-order valence-electron chi connectivity index (χ1n) is 6.47. The summed E-state index contributed by atoms with van der Waals surface area (Å²) in [5, 5.41) is 7.39. The minimum absolute atomic E-state index is 0.0623. The summed E-state index contributed by atoms with van der Waals surface area (Å²) in [4.78, 5) is 11.8. The smallest absolute Gasteiger partial charge is 0.235 e. The number of para-hydroxylation sites is 1. The molecule has 1 amide bonds. The lowest BCUT2D eigenvalue weighted by atomic mass is 10.3. The summed E-state index contributed by atoms with van der Waals surface area (Å²) in [6.45, 7) is 6.77. The van der Waals surface area contributed by atoms with E-state index in [1.807, 2.05) is 35.3 Å². The fourth-order valence-corrected chi connectivity index (χ4v) is 2.43. The lowest BCUT2D eigenvalue weighted by Crippen LogP contribution is -2.49. The van der Waals surface area contributed by atoms with Crippen molar-refractivity contribution >= 4 is 11.6 Å². The fourth-order valence-electron chi connectivity index (χ4n) is 2.43. The molecule has 0 aliphatic carbocycles. The van der Waals surface area contributed by atoms with E-state index in [-0.39, 0.29) is 12.1 Å². The minimum atomic E-state index is 0.0623. The Hall–Kier alpha value is -1.55. The SMILES string of the molecule is CC(=O)N1[C@H](Nc2ccccc2)CCN1C(C)C. The zero-order valence-corrected chi connectivity index (χ0v) is 11.3. The quantitative estimate of drug-likeness (QED) is 0.890. The van der Waals surface area contributed by atoms with Crippen molar-refractivity contribution in [1.82, 2.24) is 10.0 Å². The van der Waals surface area contributed by atoms with Crippen molar-refractivity contribution in [2.45, 2.75) is 39.4 Å². The minimum Gasteiger partial charge on any atom is -0.364 e. The predicted molar refractivity (Wildman–Crippen MR) is 72.8 cm³/mol. The second kappa shape index (κ2) is 5.40. The lowest BCUT2D eigenvalue weighted by molar-refractivity contribution is -0.146. The van der Waals surface area contributed by atoms with Crippen molar-refractivity contribution in [3.8, 4) is 0 Å². The summed E-state index contributed by atoms with van der Waals surface area (Å²) < 4.78 is 0. The van der Waals surface area contributed by atoms with Gasteiger partial charge < -0.3 is 5.32 Å². The number of anilines is 1. The normalized spacial score (nSPS) is 20.4. The van der Waals surface area contributed by atoms with Gasteiger partial charge in [0, 0.05) is 31.6 Å². The number of nitrogens with one attached hydrogen (secondary N) is 1. The molecular weight excluding hydrogens is 226 g/mol. The molecule has 0 saturated carbocycles. The van der Waals surface area contributed by atoms with E-state index in [0.29, 0.717) is 6.04 Å². The van der Waals surface area contributed by atoms with Crippen molar-refractivity contribution in [2.24, 2.45) is 0 Å². The van der Waals surface area contributed by atoms with E-state index < -0.39 is 0 Å². The van der Waals surface area contributed by atoms with Crippen LogP contribution in [-0.4, -0.2) is 34.7 Å². The van der Waals surface area contributed by atoms with Crippen LogP contribution in [0.1, 0.15) is 27.2 Å². The first-order chi connectivity index (χ1) is 8.59. The molecule has 98 valence electrons. The van der Waals surface area contributed by atoms with E-state index in [2.05, 4.69) is 24.2 Å². The molecule has 4 heteroatoms. The third kappa shape index (κ3) is 2.64. The average Bonchev–Trinajstić information content (AvgIpc) is 2.74. The lowest BCUT2D eigenvalue weighted by Gasteiger charge is -2.34. The molecule has 1 heterocycles. The fraction of sp³-hybridized carbons (Fsp3) is 0.500. The molecule has 1 saturated heterocycles. The van der Waals surface area contributed by atoms with Crippen molar-refractivity contribution < 1.29 is 4.79 Å². The van der Waals surface area contributed by atoms with E-state index in [1.165, 1.54) is 0 Å². The highest BCUT2D eigenvalue weighted by molar-refractivity contribution is 5.73. The molecule has 1 fully saturated rings. The Labute approximate surface area is 109 Å². The summed E-state index contributed by atoms with van der Waals surface area (Å²) in [5.41, 5.74) is 1.05. The second-order valence-corrected chi connectivity index (χ2v) is 4.94. The molecule has 0 bridgehead atoms. The van der Waals surface area contributed by atoms with E-state index in [1.54, 1.807) is 6.92 Å². The summed E-state index contributed by atoms with van der Waals surface area (Å²) >= 11 is 0. The highest BCUT2D eigenvalue weighted by Crippen LogP contribution is 2.22. The van der Waals surface area contributed by atoms with Crippen LogP contribution in [0.5, 0.6) is 0 Å². The summed E-state index contributed by atoms with van der Waals surface area (Å²) in [6, 6.07) is 10.4. The Balaban J connectivity index is 2.11. The molecule has 1 aliphatic heterocycles. The molecule has 0 aromatic heterocycles. The van der Waals surface area contributed by atoms with Gasteiger partial charge in [-0.25, -0.2) is 5.01 Å². The molecule has 18 heavy (non-hydrogen) atoms. The van der Waals surface area contributed by atoms with Crippen LogP contribution < -0.4 is 5.32 Å². The van der Waals surface area contributed by atoms with Crippen LogP contribution >= 0.6 is 0 Å². The van der Waals surface area contributed by atoms with E-state index in [0.717, 1.165) is 18.7 Å². The van der Waals surface area contributed by atoms with Crippen molar-refractivity contribution in [3.63, 3.8) is 0 Å². The van der Waals surface area contributed by atoms with Gasteiger partial charge in [-0.15, -0.1) is 0 Å². The second-order valence-electron chi connectivity index (χ2n) is 4.94. The number of hydrogen-bond acceptors (Lipinski definition) is 3. The van der Waals surface area contributed by atoms with Crippen LogP contribution in [0.25, 0.3) is 0 Å². The van der Waals surface area contributed by atoms with Crippen LogP contribution in [0.15, 0.2) is 30.3 Å². The molecule has 2 rings (SSSR count). The Morgan fingerprint density at radius 2 is 2.00 bits per heavy atom. The topological polar surface area (TPSA) is 35.6 Å². The van der Waals surface area contributed by atoms with Gasteiger partial charge in [0.2, 0.25) is 5.91 Å². The van der Waals surface area contributed by atoms with Crippen LogP contribution in [0.4, 0.5) is 5.69 Å². The van der Waals surface area contributed by atoms with E-state index in [9.17, 15) is 4.79 Å². The summed E-state index contributed by atoms with van der Waals surface area (Å²) in [5.74, 6) is 0.0923. The van der Waals surface area contributed by atoms with Crippen LogP contribution in [0.3, 0.4) is 0 Å². The highest BCUT2D eigenvalue weighted by atomic mass is 16.2. The molecule has 1 aromatic carbocycles. The van der Waals surface area contributed by atoms with Gasteiger partial charge in [-0.2, -0.15) is 0 Å². The maximum absolute atomic E-state index is 11.8. The third-order valence-electron chi connectivity index (χ3n) is 3.23. The predicted octanol–water partition coefficient (Wildman–Crippen LogP) is 2.30. The van der Waals surface area contributed by atoms with Crippen LogP contribution in [0.2, 0.25) is 0 Å². The van der Waals surface area contributed by atoms with Crippen molar-refractivity contribution in [2.75, 3.05) is 11.9 Å². The molecule has 4 nitrogen and oxygen atoms in total. The molecule has 1 aliphatic rings. The first-order valence-corrected chi connectivity index (χ1v) is 6.47. The summed E-state index contributed by atoms with van der Waals surface area (Å²) in [6.07, 6.45) is 1.01. The maximum Gasteiger partial charge on any atom is 0.235 e. The van der Waals surface area contributed by atoms with Gasteiger partial charge in [-0.3, -0.25) is 9.80 Å². The Bertz CT molecular complexity index is 405. The highest BCUT2D eigenvalue weighted by Gasteiger charge is 2.34. The number of benzene rings is 1. The van der Waals surface area contributed by atoms with Crippen LogP contribution in [0, 0.1) is 0 Å². The number of hydrogen-bond donors (Lipinski definition) is 1. The molecule has 1 atom stereocenters. The molecule has 1 aromatic rings. The monoisotopic (exact) mass is 247 g/mol. The van der Waals surface area contributed by atoms with Gasteiger partial charge >= 0.3 is 0 Å². The maximum atomic E-state index is 11.8. The third-order valence-corrected chi connectivity index (χ3v) is 3.23. The number of nitrogens with zero attached hydrogens (tertiary/aromatic N) is 2. The number of amides is 1. The molecule has 1 N–H and O–H groups in total. The standard InChI is InChI=1S/C14H21N3O/c1-11(2)16-10-9-14(17(16)12(3)18)15-13-7-5-4-6-8-13/h4-8,11,14-15H,9-10H2,1-3H3/t14-/m0/s1. The average molecular weight is 247 g/mol. The Morgan fingerprint density at radius 1 is 1.33 bits per heavy atom. The largest absolute Gasteiger partial charge is 0.364 e. The van der Waals surface area contributed by atoms with Gasteiger partial charge in [-0.05, 0) is 26.0 Å². The number of carbonyl (C=O) groups is 1. The Kier molecular flexibility index (Phi) is 3.87. The molecular formula is C14H21N3O. The Morgan fingerprint density at radius 3 is 2.56 bits per heavy atom. The van der Waals surface area contributed by atoms with Gasteiger partial charge in [0.05, 0.1) is 0 Å². The molecule has 0 unspecified atom stereocenters. The van der Waals surface area contributed by atoms with Gasteiger partial charge in [0.15, 0.2) is 0 Å². The van der Waals surface area contributed by atoms with Gasteiger partial charge in [0.25, 0.3) is 0 Å². The zero-order valence-electron chi connectivity index (χ0n) is 11.3. The molecule has 0 spiro atoms. The van der Waals surface area contributed by atoms with E-state index in [4.69, 9.17) is 0 Å². The van der Waals surface area contributed by atoms with Gasteiger partial charge in [-0.1, -0.05) is 18.2 Å². The molecule has 0 radical (unpaired) electrons.